The molecule has 1 aromatic heterocycles. The molecule has 6 nitrogen and oxygen atoms in total. The third kappa shape index (κ3) is 5.08. The summed E-state index contributed by atoms with van der Waals surface area (Å²) in [4.78, 5) is 11.9. The van der Waals surface area contributed by atoms with Crippen molar-refractivity contribution in [3.05, 3.63) is 47.7 Å². The maximum atomic E-state index is 11.9. The van der Waals surface area contributed by atoms with Crippen LogP contribution in [-0.2, 0) is 0 Å². The number of nitrogens with one attached hydrogen (secondary N) is 2. The van der Waals surface area contributed by atoms with Crippen LogP contribution in [-0.4, -0.2) is 22.6 Å². The van der Waals surface area contributed by atoms with Gasteiger partial charge in [0.2, 0.25) is 0 Å². The number of aromatic nitrogens is 2. The fourth-order valence-electron chi connectivity index (χ4n) is 1.86. The monoisotopic (exact) mass is 309 g/mol. The first-order chi connectivity index (χ1) is 11.1. The van der Waals surface area contributed by atoms with Crippen LogP contribution in [0.3, 0.4) is 0 Å². The van der Waals surface area contributed by atoms with Crippen LogP contribution in [0, 0.1) is 17.2 Å². The van der Waals surface area contributed by atoms with Gasteiger partial charge in [-0.05, 0) is 48.7 Å². The van der Waals surface area contributed by atoms with Crippen molar-refractivity contribution in [2.24, 2.45) is 5.92 Å². The van der Waals surface area contributed by atoms with Crippen molar-refractivity contribution in [2.45, 2.75) is 20.3 Å². The molecule has 0 atom stereocenters. The van der Waals surface area contributed by atoms with Crippen molar-refractivity contribution >= 4 is 17.4 Å². The Bertz CT molecular complexity index is 686. The normalized spacial score (nSPS) is 10.2. The number of benzene rings is 1. The lowest BCUT2D eigenvalue weighted by Crippen LogP contribution is -2.26. The number of rotatable bonds is 6. The number of nitrogens with zero attached hydrogens (tertiary/aromatic N) is 3. The van der Waals surface area contributed by atoms with Crippen LogP contribution in [0.1, 0.15) is 36.3 Å². The van der Waals surface area contributed by atoms with Crippen molar-refractivity contribution in [1.29, 1.82) is 5.26 Å². The smallest absolute Gasteiger partial charge is 0.271 e. The Morgan fingerprint density at radius 3 is 2.48 bits per heavy atom. The van der Waals surface area contributed by atoms with Gasteiger partial charge in [-0.25, -0.2) is 0 Å². The van der Waals surface area contributed by atoms with E-state index in [0.29, 0.717) is 29.5 Å². The number of hydrogen-bond donors (Lipinski definition) is 2. The quantitative estimate of drug-likeness (QED) is 0.856. The Kier molecular flexibility index (Phi) is 5.64. The summed E-state index contributed by atoms with van der Waals surface area (Å²) in [5.41, 5.74) is 1.68. The van der Waals surface area contributed by atoms with Crippen molar-refractivity contribution in [3.8, 4) is 6.07 Å². The van der Waals surface area contributed by atoms with Crippen LogP contribution in [0.5, 0.6) is 0 Å². The number of carbonyl (C=O) groups excluding carboxylic acids is 1. The maximum absolute atomic E-state index is 11.9. The predicted molar refractivity (Wildman–Crippen MR) is 88.3 cm³/mol. The predicted octanol–water partition coefficient (Wildman–Crippen LogP) is 2.87. The second-order valence-electron chi connectivity index (χ2n) is 5.56. The van der Waals surface area contributed by atoms with E-state index in [1.54, 1.807) is 36.4 Å². The van der Waals surface area contributed by atoms with Gasteiger partial charge in [-0.15, -0.1) is 10.2 Å². The van der Waals surface area contributed by atoms with Gasteiger partial charge in [-0.3, -0.25) is 4.79 Å². The van der Waals surface area contributed by atoms with E-state index in [-0.39, 0.29) is 5.91 Å². The topological polar surface area (TPSA) is 90.7 Å². The summed E-state index contributed by atoms with van der Waals surface area (Å²) < 4.78 is 0. The zero-order valence-electron chi connectivity index (χ0n) is 13.2. The van der Waals surface area contributed by atoms with Gasteiger partial charge in [0.1, 0.15) is 0 Å². The molecule has 0 saturated carbocycles. The molecule has 0 aliphatic carbocycles. The molecule has 0 aliphatic heterocycles. The molecular weight excluding hydrogens is 290 g/mol. The van der Waals surface area contributed by atoms with Gasteiger partial charge in [-0.1, -0.05) is 13.8 Å². The molecule has 0 radical (unpaired) electrons. The molecule has 6 heteroatoms. The van der Waals surface area contributed by atoms with E-state index in [0.717, 1.165) is 12.1 Å². The Morgan fingerprint density at radius 1 is 1.17 bits per heavy atom. The van der Waals surface area contributed by atoms with E-state index in [1.807, 2.05) is 0 Å². The largest absolute Gasteiger partial charge is 0.351 e. The SMILES string of the molecule is CC(C)CCNC(=O)c1ccc(Nc2ccc(C#N)cc2)nn1. The second-order valence-corrected chi connectivity index (χ2v) is 5.56. The van der Waals surface area contributed by atoms with Gasteiger partial charge in [0, 0.05) is 12.2 Å². The number of amides is 1. The molecule has 0 spiro atoms. The summed E-state index contributed by atoms with van der Waals surface area (Å²) in [6, 6.07) is 12.4. The van der Waals surface area contributed by atoms with Gasteiger partial charge < -0.3 is 10.6 Å². The summed E-state index contributed by atoms with van der Waals surface area (Å²) in [7, 11) is 0. The summed E-state index contributed by atoms with van der Waals surface area (Å²) in [5.74, 6) is 0.858. The highest BCUT2D eigenvalue weighted by Crippen LogP contribution is 2.14. The number of carbonyl (C=O) groups is 1. The molecule has 2 N–H and O–H groups in total. The van der Waals surface area contributed by atoms with Crippen LogP contribution in [0.25, 0.3) is 0 Å². The molecule has 0 aliphatic rings. The van der Waals surface area contributed by atoms with Gasteiger partial charge in [0.25, 0.3) is 5.91 Å². The molecule has 23 heavy (non-hydrogen) atoms. The molecule has 118 valence electrons. The minimum absolute atomic E-state index is 0.219. The minimum Gasteiger partial charge on any atom is -0.351 e. The van der Waals surface area contributed by atoms with Crippen LogP contribution in [0.4, 0.5) is 11.5 Å². The lowest BCUT2D eigenvalue weighted by atomic mass is 10.1. The third-order valence-corrected chi connectivity index (χ3v) is 3.19. The Morgan fingerprint density at radius 2 is 1.91 bits per heavy atom. The van der Waals surface area contributed by atoms with E-state index in [1.165, 1.54) is 0 Å². The Hall–Kier alpha value is -2.94. The van der Waals surface area contributed by atoms with Gasteiger partial charge in [0.05, 0.1) is 11.6 Å². The van der Waals surface area contributed by atoms with Gasteiger partial charge >= 0.3 is 0 Å². The van der Waals surface area contributed by atoms with Crippen LogP contribution < -0.4 is 10.6 Å². The van der Waals surface area contributed by atoms with Crippen LogP contribution in [0.2, 0.25) is 0 Å². The van der Waals surface area contributed by atoms with Crippen LogP contribution >= 0.6 is 0 Å². The van der Waals surface area contributed by atoms with E-state index in [2.05, 4.69) is 40.7 Å². The zero-order chi connectivity index (χ0) is 16.7. The van der Waals surface area contributed by atoms with Crippen molar-refractivity contribution in [3.63, 3.8) is 0 Å². The zero-order valence-corrected chi connectivity index (χ0v) is 13.2. The Balaban J connectivity index is 1.93. The lowest BCUT2D eigenvalue weighted by Gasteiger charge is -2.07. The third-order valence-electron chi connectivity index (χ3n) is 3.19. The average Bonchev–Trinajstić information content (AvgIpc) is 2.56. The van der Waals surface area contributed by atoms with E-state index < -0.39 is 0 Å². The van der Waals surface area contributed by atoms with Crippen molar-refractivity contribution < 1.29 is 4.79 Å². The molecular formula is C17H19N5O. The molecule has 0 fully saturated rings. The van der Waals surface area contributed by atoms with Gasteiger partial charge in [-0.2, -0.15) is 5.26 Å². The molecule has 1 aromatic carbocycles. The highest BCUT2D eigenvalue weighted by molar-refractivity contribution is 5.92. The first kappa shape index (κ1) is 16.4. The molecule has 2 rings (SSSR count). The highest BCUT2D eigenvalue weighted by Gasteiger charge is 2.08. The minimum atomic E-state index is -0.219. The molecule has 1 heterocycles. The van der Waals surface area contributed by atoms with E-state index in [9.17, 15) is 4.79 Å². The van der Waals surface area contributed by atoms with E-state index >= 15 is 0 Å². The molecule has 2 aromatic rings. The van der Waals surface area contributed by atoms with Crippen molar-refractivity contribution in [2.75, 3.05) is 11.9 Å². The summed E-state index contributed by atoms with van der Waals surface area (Å²) >= 11 is 0. The molecule has 0 saturated heterocycles. The Labute approximate surface area is 135 Å². The first-order valence-corrected chi connectivity index (χ1v) is 7.47. The number of nitriles is 1. The first-order valence-electron chi connectivity index (χ1n) is 7.47. The van der Waals surface area contributed by atoms with Crippen molar-refractivity contribution in [1.82, 2.24) is 15.5 Å². The highest BCUT2D eigenvalue weighted by atomic mass is 16.1. The summed E-state index contributed by atoms with van der Waals surface area (Å²) in [6.45, 7) is 4.84. The summed E-state index contributed by atoms with van der Waals surface area (Å²) in [6.07, 6.45) is 0.928. The fraction of sp³-hybridized carbons (Fsp3) is 0.294. The van der Waals surface area contributed by atoms with Crippen LogP contribution in [0.15, 0.2) is 36.4 Å². The molecule has 0 bridgehead atoms. The summed E-state index contributed by atoms with van der Waals surface area (Å²) in [5, 5.41) is 22.6. The molecule has 0 unspecified atom stereocenters. The lowest BCUT2D eigenvalue weighted by molar-refractivity contribution is 0.0946. The van der Waals surface area contributed by atoms with Gasteiger partial charge in [0.15, 0.2) is 11.5 Å². The number of hydrogen-bond acceptors (Lipinski definition) is 5. The average molecular weight is 309 g/mol. The maximum Gasteiger partial charge on any atom is 0.271 e. The molecule has 1 amide bonds. The fourth-order valence-corrected chi connectivity index (χ4v) is 1.86. The standard InChI is InChI=1S/C17H19N5O/c1-12(2)9-10-19-17(23)15-7-8-16(22-21-15)20-14-5-3-13(11-18)4-6-14/h3-8,12H,9-10H2,1-2H3,(H,19,23)(H,20,22). The second kappa shape index (κ2) is 7.90. The van der Waals surface area contributed by atoms with E-state index in [4.69, 9.17) is 5.26 Å². The number of anilines is 2.